The van der Waals surface area contributed by atoms with Gasteiger partial charge in [0.1, 0.15) is 5.75 Å². The first-order chi connectivity index (χ1) is 12.0. The zero-order valence-corrected chi connectivity index (χ0v) is 15.1. The fourth-order valence-electron chi connectivity index (χ4n) is 2.81. The van der Waals surface area contributed by atoms with Crippen LogP contribution in [-0.4, -0.2) is 23.5 Å². The van der Waals surface area contributed by atoms with Crippen molar-refractivity contribution < 1.29 is 14.3 Å². The predicted octanol–water partition coefficient (Wildman–Crippen LogP) is 4.01. The molecule has 1 aliphatic rings. The molecule has 0 saturated carbocycles. The van der Waals surface area contributed by atoms with Gasteiger partial charge in [0.05, 0.1) is 6.04 Å². The van der Waals surface area contributed by atoms with E-state index < -0.39 is 6.10 Å². The Bertz CT molecular complexity index is 773. The third kappa shape index (κ3) is 4.23. The number of carbonyl (C=O) groups excluding carboxylic acids is 2. The molecule has 1 heterocycles. The lowest BCUT2D eigenvalue weighted by Crippen LogP contribution is -2.39. The third-order valence-electron chi connectivity index (χ3n) is 4.22. The smallest absolute Gasteiger partial charge is 0.261 e. The summed E-state index contributed by atoms with van der Waals surface area (Å²) in [6.45, 7) is 3.25. The summed E-state index contributed by atoms with van der Waals surface area (Å²) < 4.78 is 5.71. The van der Waals surface area contributed by atoms with E-state index in [2.05, 4.69) is 17.4 Å². The van der Waals surface area contributed by atoms with Crippen molar-refractivity contribution in [3.63, 3.8) is 0 Å². The zero-order chi connectivity index (χ0) is 17.8. The molecule has 2 atom stereocenters. The van der Waals surface area contributed by atoms with Crippen LogP contribution in [0.25, 0.3) is 0 Å². The second-order valence-corrected chi connectivity index (χ2v) is 7.21. The van der Waals surface area contributed by atoms with Crippen molar-refractivity contribution in [2.75, 3.05) is 5.75 Å². The normalized spacial score (nSPS) is 17.3. The Morgan fingerprint density at radius 2 is 1.88 bits per heavy atom. The van der Waals surface area contributed by atoms with Crippen LogP contribution in [0.1, 0.15) is 42.2 Å². The van der Waals surface area contributed by atoms with Crippen molar-refractivity contribution in [2.45, 2.75) is 37.3 Å². The molecule has 0 spiro atoms. The number of fused-ring (bicyclic) bond motifs is 1. The number of nitrogens with one attached hydrogen (secondary N) is 1. The number of amides is 1. The lowest BCUT2D eigenvalue weighted by Gasteiger charge is -2.27. The van der Waals surface area contributed by atoms with Gasteiger partial charge >= 0.3 is 0 Å². The Kier molecular flexibility index (Phi) is 5.43. The number of Topliss-reactive ketones (excluding diaryl/α,β-unsaturated/α-hetero) is 1. The molecule has 130 valence electrons. The summed E-state index contributed by atoms with van der Waals surface area (Å²) in [5.41, 5.74) is 1.80. The van der Waals surface area contributed by atoms with Crippen molar-refractivity contribution >= 4 is 23.5 Å². The SMILES string of the molecule is CC(=O)c1ccc(OC(C)C(=O)NC2CCSc3ccccc32)cc1. The standard InChI is InChI=1S/C20H21NO3S/c1-13(22)15-7-9-16(10-8-15)24-14(2)20(23)21-18-11-12-25-19-6-4-3-5-17(18)19/h3-10,14,18H,11-12H2,1-2H3,(H,21,23). The number of hydrogen-bond donors (Lipinski definition) is 1. The molecule has 1 amide bonds. The van der Waals surface area contributed by atoms with E-state index in [0.717, 1.165) is 12.2 Å². The molecule has 5 heteroatoms. The van der Waals surface area contributed by atoms with Crippen molar-refractivity contribution in [3.8, 4) is 5.75 Å². The average molecular weight is 355 g/mol. The third-order valence-corrected chi connectivity index (χ3v) is 5.34. The van der Waals surface area contributed by atoms with E-state index in [1.807, 2.05) is 23.9 Å². The van der Waals surface area contributed by atoms with Gasteiger partial charge in [-0.2, -0.15) is 0 Å². The molecular formula is C20H21NO3S. The molecule has 3 rings (SSSR count). The van der Waals surface area contributed by atoms with Crippen LogP contribution in [-0.2, 0) is 4.79 Å². The Hall–Kier alpha value is -2.27. The van der Waals surface area contributed by atoms with Crippen LogP contribution in [0.4, 0.5) is 0 Å². The van der Waals surface area contributed by atoms with Crippen molar-refractivity contribution in [1.29, 1.82) is 0 Å². The number of hydrogen-bond acceptors (Lipinski definition) is 4. The minimum atomic E-state index is -0.607. The molecule has 0 saturated heterocycles. The lowest BCUT2D eigenvalue weighted by atomic mass is 10.0. The molecule has 25 heavy (non-hydrogen) atoms. The van der Waals surface area contributed by atoms with Crippen molar-refractivity contribution in [1.82, 2.24) is 5.32 Å². The molecular weight excluding hydrogens is 334 g/mol. The van der Waals surface area contributed by atoms with Crippen LogP contribution in [0, 0.1) is 0 Å². The van der Waals surface area contributed by atoms with E-state index in [0.29, 0.717) is 11.3 Å². The summed E-state index contributed by atoms with van der Waals surface area (Å²) in [6, 6.07) is 15.0. The van der Waals surface area contributed by atoms with Gasteiger partial charge < -0.3 is 10.1 Å². The summed E-state index contributed by atoms with van der Waals surface area (Å²) in [5, 5.41) is 3.09. The summed E-state index contributed by atoms with van der Waals surface area (Å²) in [4.78, 5) is 25.0. The van der Waals surface area contributed by atoms with Gasteiger partial charge in [-0.05, 0) is 56.2 Å². The molecule has 2 unspecified atom stereocenters. The van der Waals surface area contributed by atoms with E-state index >= 15 is 0 Å². The molecule has 1 aliphatic heterocycles. The Balaban J connectivity index is 1.62. The van der Waals surface area contributed by atoms with Gasteiger partial charge in [0.2, 0.25) is 0 Å². The number of ketones is 1. The highest BCUT2D eigenvalue weighted by atomic mass is 32.2. The quantitative estimate of drug-likeness (QED) is 0.824. The summed E-state index contributed by atoms with van der Waals surface area (Å²) in [6.07, 6.45) is 0.304. The molecule has 1 N–H and O–H groups in total. The first-order valence-corrected chi connectivity index (χ1v) is 9.33. The number of ether oxygens (including phenoxy) is 1. The summed E-state index contributed by atoms with van der Waals surface area (Å²) in [7, 11) is 0. The average Bonchev–Trinajstić information content (AvgIpc) is 2.62. The van der Waals surface area contributed by atoms with Gasteiger partial charge in [0.25, 0.3) is 5.91 Å². The number of thioether (sulfide) groups is 1. The second kappa shape index (κ2) is 7.74. The number of rotatable bonds is 5. The van der Waals surface area contributed by atoms with Gasteiger partial charge in [0.15, 0.2) is 11.9 Å². The topological polar surface area (TPSA) is 55.4 Å². The highest BCUT2D eigenvalue weighted by Gasteiger charge is 2.24. The molecule has 0 radical (unpaired) electrons. The first kappa shape index (κ1) is 17.5. The molecule has 4 nitrogen and oxygen atoms in total. The van der Waals surface area contributed by atoms with Gasteiger partial charge in [-0.15, -0.1) is 11.8 Å². The predicted molar refractivity (Wildman–Crippen MR) is 99.2 cm³/mol. The van der Waals surface area contributed by atoms with Crippen LogP contribution in [0.2, 0.25) is 0 Å². The number of carbonyl (C=O) groups is 2. The molecule has 2 aromatic carbocycles. The van der Waals surface area contributed by atoms with E-state index in [4.69, 9.17) is 4.74 Å². The minimum Gasteiger partial charge on any atom is -0.481 e. The van der Waals surface area contributed by atoms with E-state index in [1.165, 1.54) is 17.4 Å². The van der Waals surface area contributed by atoms with Crippen molar-refractivity contribution in [3.05, 3.63) is 59.7 Å². The van der Waals surface area contributed by atoms with Crippen LogP contribution in [0.15, 0.2) is 53.4 Å². The maximum absolute atomic E-state index is 12.5. The fraction of sp³-hybridized carbons (Fsp3) is 0.300. The van der Waals surface area contributed by atoms with E-state index in [-0.39, 0.29) is 17.7 Å². The summed E-state index contributed by atoms with van der Waals surface area (Å²) in [5.74, 6) is 1.43. The van der Waals surface area contributed by atoms with Crippen LogP contribution >= 0.6 is 11.8 Å². The zero-order valence-electron chi connectivity index (χ0n) is 14.3. The van der Waals surface area contributed by atoms with Gasteiger partial charge in [-0.25, -0.2) is 0 Å². The Morgan fingerprint density at radius 1 is 1.16 bits per heavy atom. The first-order valence-electron chi connectivity index (χ1n) is 8.34. The van der Waals surface area contributed by atoms with Crippen LogP contribution < -0.4 is 10.1 Å². The minimum absolute atomic E-state index is 0.00572. The molecule has 2 aromatic rings. The van der Waals surface area contributed by atoms with Crippen LogP contribution in [0.5, 0.6) is 5.75 Å². The number of benzene rings is 2. The lowest BCUT2D eigenvalue weighted by molar-refractivity contribution is -0.128. The van der Waals surface area contributed by atoms with Gasteiger partial charge in [-0.3, -0.25) is 9.59 Å². The fourth-order valence-corrected chi connectivity index (χ4v) is 3.93. The highest BCUT2D eigenvalue weighted by Crippen LogP contribution is 2.35. The largest absolute Gasteiger partial charge is 0.481 e. The monoisotopic (exact) mass is 355 g/mol. The van der Waals surface area contributed by atoms with Crippen LogP contribution in [0.3, 0.4) is 0 Å². The van der Waals surface area contributed by atoms with Crippen molar-refractivity contribution in [2.24, 2.45) is 0 Å². The van der Waals surface area contributed by atoms with Gasteiger partial charge in [0, 0.05) is 16.2 Å². The molecule has 0 fully saturated rings. The maximum atomic E-state index is 12.5. The second-order valence-electron chi connectivity index (χ2n) is 6.08. The van der Waals surface area contributed by atoms with E-state index in [1.54, 1.807) is 31.2 Å². The molecule has 0 bridgehead atoms. The highest BCUT2D eigenvalue weighted by molar-refractivity contribution is 7.99. The Morgan fingerprint density at radius 3 is 2.60 bits per heavy atom. The summed E-state index contributed by atoms with van der Waals surface area (Å²) >= 11 is 1.82. The molecule has 0 aromatic heterocycles. The molecule has 0 aliphatic carbocycles. The Labute approximate surface area is 152 Å². The maximum Gasteiger partial charge on any atom is 0.261 e. The van der Waals surface area contributed by atoms with E-state index in [9.17, 15) is 9.59 Å². The van der Waals surface area contributed by atoms with Gasteiger partial charge in [-0.1, -0.05) is 18.2 Å².